The van der Waals surface area contributed by atoms with Crippen molar-refractivity contribution in [2.45, 2.75) is 59.3 Å². The van der Waals surface area contributed by atoms with E-state index in [1.807, 2.05) is 16.3 Å². The number of hydrogen-bond donors (Lipinski definition) is 1. The fourth-order valence-corrected chi connectivity index (χ4v) is 3.22. The Kier molecular flexibility index (Phi) is 4.49. The van der Waals surface area contributed by atoms with Gasteiger partial charge < -0.3 is 5.32 Å². The van der Waals surface area contributed by atoms with Crippen LogP contribution in [0.25, 0.3) is 0 Å². The van der Waals surface area contributed by atoms with Crippen LogP contribution in [0.1, 0.15) is 37.4 Å². The molecule has 0 aromatic carbocycles. The summed E-state index contributed by atoms with van der Waals surface area (Å²) >= 11 is 6.49. The van der Waals surface area contributed by atoms with Crippen LogP contribution in [0.15, 0.2) is 6.33 Å². The van der Waals surface area contributed by atoms with Crippen LogP contribution in [0.5, 0.6) is 0 Å². The van der Waals surface area contributed by atoms with Gasteiger partial charge in [0, 0.05) is 31.1 Å². The minimum absolute atomic E-state index is 0.401. The molecular weight excluding hydrogens is 300 g/mol. The number of halogens is 1. The Bertz CT molecular complexity index is 644. The predicted molar refractivity (Wildman–Crippen MR) is 85.8 cm³/mol. The van der Waals surface area contributed by atoms with Crippen molar-refractivity contribution in [1.29, 1.82) is 0 Å². The van der Waals surface area contributed by atoms with Gasteiger partial charge in [-0.25, -0.2) is 9.67 Å². The van der Waals surface area contributed by atoms with Gasteiger partial charge in [-0.15, -0.1) is 0 Å². The second-order valence-electron chi connectivity index (χ2n) is 6.41. The molecule has 22 heavy (non-hydrogen) atoms. The van der Waals surface area contributed by atoms with E-state index in [4.69, 9.17) is 11.6 Å². The van der Waals surface area contributed by atoms with E-state index < -0.39 is 0 Å². The smallest absolute Gasteiger partial charge is 0.138 e. The zero-order chi connectivity index (χ0) is 15.7. The molecule has 1 aliphatic rings. The van der Waals surface area contributed by atoms with Crippen molar-refractivity contribution in [3.05, 3.63) is 28.6 Å². The molecule has 3 heterocycles. The van der Waals surface area contributed by atoms with Crippen LogP contribution in [0.3, 0.4) is 0 Å². The summed E-state index contributed by atoms with van der Waals surface area (Å²) in [6, 6.07) is 0.401. The lowest BCUT2D eigenvalue weighted by molar-refractivity contribution is 0.358. The molecule has 2 aromatic rings. The summed E-state index contributed by atoms with van der Waals surface area (Å²) in [7, 11) is 0. The Morgan fingerprint density at radius 2 is 2.27 bits per heavy atom. The normalized spacial score (nSPS) is 18.0. The Balaban J connectivity index is 1.63. The highest BCUT2D eigenvalue weighted by Gasteiger charge is 2.21. The van der Waals surface area contributed by atoms with Gasteiger partial charge in [0.1, 0.15) is 17.3 Å². The van der Waals surface area contributed by atoms with Crippen LogP contribution in [0.2, 0.25) is 5.15 Å². The fourth-order valence-electron chi connectivity index (χ4n) is 2.91. The third-order valence-electron chi connectivity index (χ3n) is 4.09. The van der Waals surface area contributed by atoms with Gasteiger partial charge in [0.15, 0.2) is 0 Å². The lowest BCUT2D eigenvalue weighted by atomic mass is 10.1. The lowest BCUT2D eigenvalue weighted by Crippen LogP contribution is -2.37. The number of fused-ring (bicyclic) bond motifs is 1. The fraction of sp³-hybridized carbons (Fsp3) is 0.667. The first-order valence-corrected chi connectivity index (χ1v) is 8.24. The maximum absolute atomic E-state index is 6.49. The average molecular weight is 323 g/mol. The molecule has 0 radical (unpaired) electrons. The van der Waals surface area contributed by atoms with E-state index in [0.29, 0.717) is 12.0 Å². The van der Waals surface area contributed by atoms with Crippen molar-refractivity contribution in [1.82, 2.24) is 29.9 Å². The van der Waals surface area contributed by atoms with Gasteiger partial charge in [0.05, 0.1) is 12.2 Å². The Hall–Kier alpha value is -1.40. The number of hydrogen-bond acceptors (Lipinski definition) is 4. The molecule has 1 aliphatic heterocycles. The van der Waals surface area contributed by atoms with E-state index in [9.17, 15) is 0 Å². The molecule has 0 spiro atoms. The van der Waals surface area contributed by atoms with Crippen LogP contribution < -0.4 is 5.32 Å². The first-order valence-electron chi connectivity index (χ1n) is 7.86. The summed E-state index contributed by atoms with van der Waals surface area (Å²) < 4.78 is 3.90. The highest BCUT2D eigenvalue weighted by atomic mass is 35.5. The van der Waals surface area contributed by atoms with E-state index in [0.717, 1.165) is 54.7 Å². The number of rotatable bonds is 5. The number of nitrogens with zero attached hydrogens (tertiary/aromatic N) is 5. The van der Waals surface area contributed by atoms with E-state index in [1.165, 1.54) is 0 Å². The molecule has 3 rings (SSSR count). The van der Waals surface area contributed by atoms with Crippen LogP contribution in [-0.2, 0) is 26.1 Å². The number of aryl methyl sites for hydroxylation is 2. The third-order valence-corrected chi connectivity index (χ3v) is 4.52. The Labute approximate surface area is 135 Å². The quantitative estimate of drug-likeness (QED) is 0.916. The second kappa shape index (κ2) is 6.38. The summed E-state index contributed by atoms with van der Waals surface area (Å²) in [5, 5.41) is 13.2. The van der Waals surface area contributed by atoms with E-state index in [1.54, 1.807) is 6.33 Å². The monoisotopic (exact) mass is 322 g/mol. The Morgan fingerprint density at radius 1 is 1.45 bits per heavy atom. The molecule has 0 amide bonds. The molecule has 1 N–H and O–H groups in total. The molecule has 1 atom stereocenters. The van der Waals surface area contributed by atoms with Crippen LogP contribution in [0.4, 0.5) is 0 Å². The SMILES string of the molecule is Cc1nn(CC(C)C)c(Cl)c1CN[C@H]1CCc2ncnn2C1. The van der Waals surface area contributed by atoms with Crippen molar-refractivity contribution in [2.24, 2.45) is 5.92 Å². The van der Waals surface area contributed by atoms with Crippen molar-refractivity contribution < 1.29 is 0 Å². The Morgan fingerprint density at radius 3 is 3.05 bits per heavy atom. The third kappa shape index (κ3) is 3.17. The van der Waals surface area contributed by atoms with Crippen molar-refractivity contribution in [3.8, 4) is 0 Å². The molecule has 6 nitrogen and oxygen atoms in total. The highest BCUT2D eigenvalue weighted by molar-refractivity contribution is 6.30. The van der Waals surface area contributed by atoms with E-state index in [-0.39, 0.29) is 0 Å². The molecule has 7 heteroatoms. The molecular formula is C15H23ClN6. The second-order valence-corrected chi connectivity index (χ2v) is 6.76. The molecule has 0 saturated carbocycles. The topological polar surface area (TPSA) is 60.6 Å². The number of nitrogens with one attached hydrogen (secondary N) is 1. The standard InChI is InChI=1S/C15H23ClN6/c1-10(2)7-22-15(16)13(11(3)20-22)6-17-12-4-5-14-18-9-19-21(14)8-12/h9-10,12,17H,4-8H2,1-3H3/t12-/m0/s1. The first-order chi connectivity index (χ1) is 10.5. The summed E-state index contributed by atoms with van der Waals surface area (Å²) in [6.45, 7) is 8.83. The lowest BCUT2D eigenvalue weighted by Gasteiger charge is -2.23. The molecule has 0 fully saturated rings. The van der Waals surface area contributed by atoms with Gasteiger partial charge in [-0.3, -0.25) is 4.68 Å². The summed E-state index contributed by atoms with van der Waals surface area (Å²) in [5.41, 5.74) is 2.11. The van der Waals surface area contributed by atoms with Gasteiger partial charge in [0.25, 0.3) is 0 Å². The maximum atomic E-state index is 6.49. The summed E-state index contributed by atoms with van der Waals surface area (Å²) in [6.07, 6.45) is 3.68. The van der Waals surface area contributed by atoms with Gasteiger partial charge in [0.2, 0.25) is 0 Å². The van der Waals surface area contributed by atoms with Crippen molar-refractivity contribution >= 4 is 11.6 Å². The van der Waals surface area contributed by atoms with Gasteiger partial charge in [-0.2, -0.15) is 10.2 Å². The van der Waals surface area contributed by atoms with Crippen LogP contribution >= 0.6 is 11.6 Å². The molecule has 120 valence electrons. The largest absolute Gasteiger partial charge is 0.308 e. The highest BCUT2D eigenvalue weighted by Crippen LogP contribution is 2.21. The van der Waals surface area contributed by atoms with E-state index in [2.05, 4.69) is 34.3 Å². The minimum atomic E-state index is 0.401. The molecule has 2 aromatic heterocycles. The van der Waals surface area contributed by atoms with Gasteiger partial charge in [-0.1, -0.05) is 25.4 Å². The maximum Gasteiger partial charge on any atom is 0.138 e. The first kappa shape index (κ1) is 15.5. The van der Waals surface area contributed by atoms with Gasteiger partial charge in [-0.05, 0) is 19.3 Å². The van der Waals surface area contributed by atoms with Gasteiger partial charge >= 0.3 is 0 Å². The predicted octanol–water partition coefficient (Wildman–Crippen LogP) is 2.20. The summed E-state index contributed by atoms with van der Waals surface area (Å²) in [5.74, 6) is 1.61. The minimum Gasteiger partial charge on any atom is -0.308 e. The molecule has 0 aliphatic carbocycles. The molecule has 0 unspecified atom stereocenters. The van der Waals surface area contributed by atoms with Crippen LogP contribution in [-0.4, -0.2) is 30.6 Å². The number of aromatic nitrogens is 5. The van der Waals surface area contributed by atoms with Crippen molar-refractivity contribution in [2.75, 3.05) is 0 Å². The zero-order valence-corrected chi connectivity index (χ0v) is 14.1. The van der Waals surface area contributed by atoms with Crippen molar-refractivity contribution in [3.63, 3.8) is 0 Å². The summed E-state index contributed by atoms with van der Waals surface area (Å²) in [4.78, 5) is 4.26. The van der Waals surface area contributed by atoms with Crippen LogP contribution in [0, 0.1) is 12.8 Å². The zero-order valence-electron chi connectivity index (χ0n) is 13.4. The average Bonchev–Trinajstić information content (AvgIpc) is 3.02. The molecule has 0 bridgehead atoms. The van der Waals surface area contributed by atoms with E-state index >= 15 is 0 Å². The molecule has 0 saturated heterocycles.